The molecule has 0 aliphatic heterocycles. The maximum Gasteiger partial charge on any atom is 0.282 e. The van der Waals surface area contributed by atoms with E-state index in [2.05, 4.69) is 21.0 Å². The van der Waals surface area contributed by atoms with E-state index in [1.54, 1.807) is 42.6 Å². The highest BCUT2D eigenvalue weighted by molar-refractivity contribution is 9.10. The number of non-ortho nitro benzene ring substituents is 1. The second-order valence-electron chi connectivity index (χ2n) is 9.23. The van der Waals surface area contributed by atoms with Crippen LogP contribution in [0.1, 0.15) is 55.0 Å². The lowest BCUT2D eigenvalue weighted by Crippen LogP contribution is -2.25. The lowest BCUT2D eigenvalue weighted by atomic mass is 9.88. The van der Waals surface area contributed by atoms with Crippen molar-refractivity contribution >= 4 is 50.3 Å². The van der Waals surface area contributed by atoms with Gasteiger partial charge in [0.05, 0.1) is 22.0 Å². The number of aromatic nitrogens is 2. The van der Waals surface area contributed by atoms with Crippen LogP contribution >= 0.6 is 27.5 Å². The molecule has 1 aliphatic rings. The first-order valence-corrected chi connectivity index (χ1v) is 13.5. The molecule has 0 unspecified atom stereocenters. The molecule has 0 radical (unpaired) electrons. The number of halogens is 2. The third-order valence-corrected chi connectivity index (χ3v) is 7.33. The summed E-state index contributed by atoms with van der Waals surface area (Å²) in [6, 6.07) is 16.9. The molecule has 194 valence electrons. The molecule has 0 spiro atoms. The normalized spacial score (nSPS) is 14.3. The number of hydrogen-bond donors (Lipinski definition) is 0. The van der Waals surface area contributed by atoms with Crippen LogP contribution in [-0.4, -0.2) is 20.8 Å². The van der Waals surface area contributed by atoms with Crippen molar-refractivity contribution in [3.63, 3.8) is 0 Å². The Kier molecular flexibility index (Phi) is 7.85. The first-order valence-electron chi connectivity index (χ1n) is 12.3. The Morgan fingerprint density at radius 3 is 2.74 bits per heavy atom. The van der Waals surface area contributed by atoms with E-state index in [1.165, 1.54) is 23.2 Å². The Labute approximate surface area is 232 Å². The molecule has 0 amide bonds. The second-order valence-corrected chi connectivity index (χ2v) is 10.6. The minimum Gasteiger partial charge on any atom is -0.488 e. The first-order chi connectivity index (χ1) is 18.4. The van der Waals surface area contributed by atoms with Crippen molar-refractivity contribution in [3.8, 4) is 5.75 Å². The molecule has 0 N–H and O–H groups in total. The third-order valence-electron chi connectivity index (χ3n) is 6.60. The van der Waals surface area contributed by atoms with Gasteiger partial charge in [0.15, 0.2) is 0 Å². The summed E-state index contributed by atoms with van der Waals surface area (Å²) in [6.07, 6.45) is 6.82. The topological polar surface area (TPSA) is 99.6 Å². The van der Waals surface area contributed by atoms with Gasteiger partial charge in [-0.1, -0.05) is 58.9 Å². The molecule has 5 rings (SSSR count). The number of fused-ring (bicyclic) bond motifs is 1. The summed E-state index contributed by atoms with van der Waals surface area (Å²) in [5.74, 6) is 1.28. The van der Waals surface area contributed by atoms with Gasteiger partial charge in [0.1, 0.15) is 18.2 Å². The van der Waals surface area contributed by atoms with Crippen LogP contribution in [0.25, 0.3) is 10.9 Å². The van der Waals surface area contributed by atoms with E-state index in [-0.39, 0.29) is 23.8 Å². The monoisotopic (exact) mass is 594 g/mol. The Hall–Kier alpha value is -3.56. The summed E-state index contributed by atoms with van der Waals surface area (Å²) < 4.78 is 8.17. The number of nitro groups is 1. The molecule has 3 aromatic carbocycles. The highest BCUT2D eigenvalue weighted by Gasteiger charge is 2.22. The summed E-state index contributed by atoms with van der Waals surface area (Å²) >= 11 is 9.72. The quantitative estimate of drug-likeness (QED) is 0.127. The van der Waals surface area contributed by atoms with Crippen molar-refractivity contribution in [1.29, 1.82) is 0 Å². The number of nitro benzene ring substituents is 1. The summed E-state index contributed by atoms with van der Waals surface area (Å²) in [5, 5.41) is 16.7. The van der Waals surface area contributed by atoms with Crippen molar-refractivity contribution in [2.75, 3.05) is 0 Å². The van der Waals surface area contributed by atoms with E-state index in [4.69, 9.17) is 21.3 Å². The van der Waals surface area contributed by atoms with E-state index in [0.29, 0.717) is 38.6 Å². The van der Waals surface area contributed by atoms with Crippen LogP contribution in [0.3, 0.4) is 0 Å². The van der Waals surface area contributed by atoms with Crippen molar-refractivity contribution in [2.45, 2.75) is 44.6 Å². The summed E-state index contributed by atoms with van der Waals surface area (Å²) in [6.45, 7) is 0.114. The molecular formula is C28H24BrClN4O4. The van der Waals surface area contributed by atoms with Gasteiger partial charge in [0.25, 0.3) is 11.2 Å². The zero-order valence-electron chi connectivity index (χ0n) is 20.3. The predicted octanol–water partition coefficient (Wildman–Crippen LogP) is 7.23. The molecule has 8 nitrogen and oxygen atoms in total. The number of hydrogen-bond acceptors (Lipinski definition) is 6. The Bertz CT molecular complexity index is 1600. The van der Waals surface area contributed by atoms with Gasteiger partial charge in [-0.2, -0.15) is 9.78 Å². The van der Waals surface area contributed by atoms with Gasteiger partial charge in [-0.05, 0) is 54.8 Å². The zero-order chi connectivity index (χ0) is 26.6. The van der Waals surface area contributed by atoms with Crippen molar-refractivity contribution in [2.24, 2.45) is 5.10 Å². The van der Waals surface area contributed by atoms with Crippen molar-refractivity contribution < 1.29 is 9.66 Å². The van der Waals surface area contributed by atoms with Crippen LogP contribution < -0.4 is 10.3 Å². The molecule has 0 bridgehead atoms. The molecule has 1 fully saturated rings. The molecule has 1 saturated carbocycles. The maximum absolute atomic E-state index is 13.6. The summed E-state index contributed by atoms with van der Waals surface area (Å²) in [5.41, 5.74) is 1.62. The minimum atomic E-state index is -0.443. The molecule has 1 heterocycles. The first kappa shape index (κ1) is 26.1. The van der Waals surface area contributed by atoms with Crippen LogP contribution in [0, 0.1) is 10.1 Å². The van der Waals surface area contributed by atoms with Crippen LogP contribution in [0.5, 0.6) is 5.75 Å². The van der Waals surface area contributed by atoms with Crippen LogP contribution in [0.15, 0.2) is 75.0 Å². The van der Waals surface area contributed by atoms with Gasteiger partial charge < -0.3 is 4.74 Å². The molecular weight excluding hydrogens is 572 g/mol. The van der Waals surface area contributed by atoms with E-state index in [9.17, 15) is 14.9 Å². The van der Waals surface area contributed by atoms with Gasteiger partial charge in [-0.15, -0.1) is 0 Å². The Morgan fingerprint density at radius 2 is 1.95 bits per heavy atom. The van der Waals surface area contributed by atoms with Crippen LogP contribution in [0.4, 0.5) is 5.69 Å². The maximum atomic E-state index is 13.6. The summed E-state index contributed by atoms with van der Waals surface area (Å²) in [7, 11) is 0. The summed E-state index contributed by atoms with van der Waals surface area (Å²) in [4.78, 5) is 29.1. The molecule has 4 aromatic rings. The van der Waals surface area contributed by atoms with Crippen molar-refractivity contribution in [3.05, 3.63) is 108 Å². The SMILES string of the molecule is O=c1c2cc(Br)ccc2nc(C2CCCCC2)n1N=Cc1cc(Cl)ccc1OCc1cccc([N+](=O)[O-])c1. The zero-order valence-corrected chi connectivity index (χ0v) is 22.7. The van der Waals surface area contributed by atoms with Gasteiger partial charge in [0.2, 0.25) is 0 Å². The minimum absolute atomic E-state index is 0.00551. The van der Waals surface area contributed by atoms with Gasteiger partial charge in [-0.25, -0.2) is 4.98 Å². The molecule has 0 saturated heterocycles. The highest BCUT2D eigenvalue weighted by Crippen LogP contribution is 2.32. The van der Waals surface area contributed by atoms with Gasteiger partial charge in [-0.3, -0.25) is 14.9 Å². The molecule has 0 atom stereocenters. The van der Waals surface area contributed by atoms with Gasteiger partial charge in [0, 0.05) is 33.1 Å². The number of rotatable bonds is 7. The van der Waals surface area contributed by atoms with E-state index in [0.717, 1.165) is 30.2 Å². The fourth-order valence-corrected chi connectivity index (χ4v) is 5.24. The molecule has 38 heavy (non-hydrogen) atoms. The Morgan fingerprint density at radius 1 is 1.13 bits per heavy atom. The van der Waals surface area contributed by atoms with Gasteiger partial charge >= 0.3 is 0 Å². The average molecular weight is 596 g/mol. The lowest BCUT2D eigenvalue weighted by Gasteiger charge is -2.22. The largest absolute Gasteiger partial charge is 0.488 e. The smallest absolute Gasteiger partial charge is 0.282 e. The molecule has 10 heteroatoms. The standard InChI is InChI=1S/C28H24BrClN4O4/c29-21-9-11-25-24(15-21)28(35)33(27(32-25)19-6-2-1-3-7-19)31-16-20-14-22(30)10-12-26(20)38-17-18-5-4-8-23(13-18)34(36)37/h4-5,8-16,19H,1-3,6-7,17H2. The fourth-order valence-electron chi connectivity index (χ4n) is 4.70. The number of nitrogens with zero attached hydrogens (tertiary/aromatic N) is 4. The van der Waals surface area contributed by atoms with Crippen LogP contribution in [-0.2, 0) is 6.61 Å². The lowest BCUT2D eigenvalue weighted by molar-refractivity contribution is -0.384. The number of ether oxygens (including phenoxy) is 1. The van der Waals surface area contributed by atoms with E-state index >= 15 is 0 Å². The van der Waals surface area contributed by atoms with Crippen LogP contribution in [0.2, 0.25) is 5.02 Å². The number of benzene rings is 3. The second kappa shape index (κ2) is 11.4. The highest BCUT2D eigenvalue weighted by atomic mass is 79.9. The molecule has 1 aromatic heterocycles. The van der Waals surface area contributed by atoms with E-state index < -0.39 is 4.92 Å². The van der Waals surface area contributed by atoms with E-state index in [1.807, 2.05) is 12.1 Å². The third kappa shape index (κ3) is 5.79. The fraction of sp³-hybridized carbons (Fsp3) is 0.250. The van der Waals surface area contributed by atoms with Crippen molar-refractivity contribution in [1.82, 2.24) is 9.66 Å². The Balaban J connectivity index is 1.51. The average Bonchev–Trinajstić information content (AvgIpc) is 2.93. The molecule has 1 aliphatic carbocycles. The predicted molar refractivity (Wildman–Crippen MR) is 151 cm³/mol.